The first-order chi connectivity index (χ1) is 13.2. The van der Waals surface area contributed by atoms with Crippen LogP contribution in [0.4, 0.5) is 0 Å². The summed E-state index contributed by atoms with van der Waals surface area (Å²) in [6.07, 6.45) is 2.13. The van der Waals surface area contributed by atoms with Gasteiger partial charge in [0.1, 0.15) is 5.75 Å². The molecule has 3 aromatic rings. The molecule has 2 heterocycles. The van der Waals surface area contributed by atoms with Crippen LogP contribution in [0.25, 0.3) is 10.9 Å². The van der Waals surface area contributed by atoms with Crippen LogP contribution >= 0.6 is 11.8 Å². The molecule has 0 saturated carbocycles. The van der Waals surface area contributed by atoms with Gasteiger partial charge in [-0.25, -0.2) is 4.98 Å². The highest BCUT2D eigenvalue weighted by Crippen LogP contribution is 2.25. The molecule has 1 saturated heterocycles. The van der Waals surface area contributed by atoms with Crippen molar-refractivity contribution in [1.82, 2.24) is 9.55 Å². The molecule has 0 amide bonds. The average molecular weight is 382 g/mol. The van der Waals surface area contributed by atoms with Crippen LogP contribution in [-0.2, 0) is 17.0 Å². The zero-order chi connectivity index (χ0) is 18.6. The highest BCUT2D eigenvalue weighted by atomic mass is 32.2. The molecule has 0 spiro atoms. The number of thioether (sulfide) groups is 1. The number of methoxy groups -OCH3 is 1. The van der Waals surface area contributed by atoms with Gasteiger partial charge in [-0.1, -0.05) is 36.0 Å². The van der Waals surface area contributed by atoms with Crippen molar-refractivity contribution < 1.29 is 9.47 Å². The van der Waals surface area contributed by atoms with Gasteiger partial charge in [-0.15, -0.1) is 0 Å². The van der Waals surface area contributed by atoms with Crippen LogP contribution in [0.3, 0.4) is 0 Å². The van der Waals surface area contributed by atoms with Gasteiger partial charge in [0.25, 0.3) is 5.56 Å². The van der Waals surface area contributed by atoms with Crippen LogP contribution in [0.2, 0.25) is 0 Å². The molecule has 2 aromatic carbocycles. The van der Waals surface area contributed by atoms with E-state index in [0.717, 1.165) is 47.2 Å². The molecule has 140 valence electrons. The second kappa shape index (κ2) is 8.15. The second-order valence-electron chi connectivity index (χ2n) is 6.60. The number of para-hydroxylation sites is 1. The van der Waals surface area contributed by atoms with Gasteiger partial charge in [0, 0.05) is 12.4 Å². The van der Waals surface area contributed by atoms with E-state index in [9.17, 15) is 4.79 Å². The first-order valence-corrected chi connectivity index (χ1v) is 10.1. The van der Waals surface area contributed by atoms with Gasteiger partial charge < -0.3 is 9.47 Å². The fourth-order valence-electron chi connectivity index (χ4n) is 3.28. The van der Waals surface area contributed by atoms with E-state index in [1.807, 2.05) is 48.5 Å². The highest BCUT2D eigenvalue weighted by molar-refractivity contribution is 7.98. The molecule has 0 radical (unpaired) electrons. The van der Waals surface area contributed by atoms with E-state index >= 15 is 0 Å². The minimum Gasteiger partial charge on any atom is -0.497 e. The molecule has 6 heteroatoms. The Balaban J connectivity index is 1.65. The SMILES string of the molecule is COc1ccc(CSc2nc3ccccc3c(=O)n2CC2CCCO2)cc1. The van der Waals surface area contributed by atoms with E-state index < -0.39 is 0 Å². The molecule has 27 heavy (non-hydrogen) atoms. The molecule has 1 aliphatic heterocycles. The van der Waals surface area contributed by atoms with Crippen LogP contribution in [0.1, 0.15) is 18.4 Å². The second-order valence-corrected chi connectivity index (χ2v) is 7.54. The number of hydrogen-bond donors (Lipinski definition) is 0. The molecular weight excluding hydrogens is 360 g/mol. The Kier molecular flexibility index (Phi) is 5.45. The fraction of sp³-hybridized carbons (Fsp3) is 0.333. The lowest BCUT2D eigenvalue weighted by Crippen LogP contribution is -2.28. The fourth-order valence-corrected chi connectivity index (χ4v) is 4.24. The van der Waals surface area contributed by atoms with Crippen molar-refractivity contribution in [2.45, 2.75) is 36.4 Å². The van der Waals surface area contributed by atoms with Crippen molar-refractivity contribution in [2.24, 2.45) is 0 Å². The molecule has 1 unspecified atom stereocenters. The number of benzene rings is 2. The molecule has 4 rings (SSSR count). The van der Waals surface area contributed by atoms with Gasteiger partial charge >= 0.3 is 0 Å². The standard InChI is InChI=1S/C21H22N2O3S/c1-25-16-10-8-15(9-11-16)14-27-21-22-19-7-3-2-6-18(19)20(24)23(21)13-17-5-4-12-26-17/h2-3,6-11,17H,4-5,12-14H2,1H3. The molecule has 1 atom stereocenters. The Hall–Kier alpha value is -2.31. The summed E-state index contributed by atoms with van der Waals surface area (Å²) in [5.74, 6) is 1.57. The largest absolute Gasteiger partial charge is 0.497 e. The van der Waals surface area contributed by atoms with Gasteiger partial charge in [-0.2, -0.15) is 0 Å². The van der Waals surface area contributed by atoms with E-state index in [4.69, 9.17) is 14.5 Å². The number of rotatable bonds is 6. The topological polar surface area (TPSA) is 53.3 Å². The maximum atomic E-state index is 13.1. The van der Waals surface area contributed by atoms with Crippen LogP contribution in [0.5, 0.6) is 5.75 Å². The lowest BCUT2D eigenvalue weighted by atomic mass is 10.2. The van der Waals surface area contributed by atoms with Crippen LogP contribution in [0.15, 0.2) is 58.5 Å². The van der Waals surface area contributed by atoms with Crippen molar-refractivity contribution >= 4 is 22.7 Å². The molecule has 0 N–H and O–H groups in total. The summed E-state index contributed by atoms with van der Waals surface area (Å²) in [5.41, 5.74) is 1.91. The summed E-state index contributed by atoms with van der Waals surface area (Å²) >= 11 is 1.58. The summed E-state index contributed by atoms with van der Waals surface area (Å²) in [6.45, 7) is 1.33. The quantitative estimate of drug-likeness (QED) is 0.478. The van der Waals surface area contributed by atoms with Crippen LogP contribution < -0.4 is 10.3 Å². The van der Waals surface area contributed by atoms with Gasteiger partial charge in [-0.05, 0) is 42.7 Å². The predicted molar refractivity (Wildman–Crippen MR) is 108 cm³/mol. The predicted octanol–water partition coefficient (Wildman–Crippen LogP) is 3.88. The Bertz CT molecular complexity index is 979. The van der Waals surface area contributed by atoms with Crippen molar-refractivity contribution in [2.75, 3.05) is 13.7 Å². The Labute approximate surface area is 162 Å². The smallest absolute Gasteiger partial charge is 0.262 e. The van der Waals surface area contributed by atoms with Gasteiger partial charge in [0.15, 0.2) is 5.16 Å². The zero-order valence-corrected chi connectivity index (χ0v) is 16.1. The maximum Gasteiger partial charge on any atom is 0.262 e. The van der Waals surface area contributed by atoms with E-state index in [1.54, 1.807) is 23.4 Å². The van der Waals surface area contributed by atoms with Crippen molar-refractivity contribution in [3.8, 4) is 5.75 Å². The Morgan fingerprint density at radius 2 is 2.04 bits per heavy atom. The lowest BCUT2D eigenvalue weighted by Gasteiger charge is -2.16. The summed E-state index contributed by atoms with van der Waals surface area (Å²) in [5, 5.41) is 1.40. The molecule has 0 aliphatic carbocycles. The van der Waals surface area contributed by atoms with Gasteiger partial charge in [-0.3, -0.25) is 9.36 Å². The third kappa shape index (κ3) is 4.01. The molecule has 1 fully saturated rings. The van der Waals surface area contributed by atoms with E-state index in [0.29, 0.717) is 11.9 Å². The van der Waals surface area contributed by atoms with Crippen molar-refractivity contribution in [3.63, 3.8) is 0 Å². The first-order valence-electron chi connectivity index (χ1n) is 9.11. The average Bonchev–Trinajstić information content (AvgIpc) is 3.22. The monoisotopic (exact) mass is 382 g/mol. The van der Waals surface area contributed by atoms with Gasteiger partial charge in [0.2, 0.25) is 0 Å². The van der Waals surface area contributed by atoms with Crippen molar-refractivity contribution in [1.29, 1.82) is 0 Å². The zero-order valence-electron chi connectivity index (χ0n) is 15.3. The van der Waals surface area contributed by atoms with Crippen LogP contribution in [-0.4, -0.2) is 29.4 Å². The first kappa shape index (κ1) is 18.1. The van der Waals surface area contributed by atoms with Gasteiger partial charge in [0.05, 0.1) is 30.7 Å². The molecule has 1 aliphatic rings. The molecular formula is C21H22N2O3S. The molecule has 1 aromatic heterocycles. The van der Waals surface area contributed by atoms with Crippen molar-refractivity contribution in [3.05, 3.63) is 64.4 Å². The highest BCUT2D eigenvalue weighted by Gasteiger charge is 2.20. The molecule has 0 bridgehead atoms. The summed E-state index contributed by atoms with van der Waals surface area (Å²) in [6, 6.07) is 15.5. The third-order valence-corrected chi connectivity index (χ3v) is 5.81. The number of ether oxygens (including phenoxy) is 2. The van der Waals surface area contributed by atoms with E-state index in [2.05, 4.69) is 0 Å². The summed E-state index contributed by atoms with van der Waals surface area (Å²) in [4.78, 5) is 17.8. The number of hydrogen-bond acceptors (Lipinski definition) is 5. The number of aromatic nitrogens is 2. The molecule has 5 nitrogen and oxygen atoms in total. The minimum absolute atomic E-state index is 0.00771. The number of fused-ring (bicyclic) bond motifs is 1. The summed E-state index contributed by atoms with van der Waals surface area (Å²) < 4.78 is 12.8. The number of nitrogens with zero attached hydrogens (tertiary/aromatic N) is 2. The third-order valence-electron chi connectivity index (χ3n) is 4.76. The minimum atomic E-state index is 0.00771. The Morgan fingerprint density at radius 1 is 1.22 bits per heavy atom. The lowest BCUT2D eigenvalue weighted by molar-refractivity contribution is 0.0937. The van der Waals surface area contributed by atoms with E-state index in [-0.39, 0.29) is 11.7 Å². The normalized spacial score (nSPS) is 16.7. The van der Waals surface area contributed by atoms with E-state index in [1.165, 1.54) is 0 Å². The summed E-state index contributed by atoms with van der Waals surface area (Å²) in [7, 11) is 1.66. The Morgan fingerprint density at radius 3 is 2.78 bits per heavy atom. The van der Waals surface area contributed by atoms with Crippen LogP contribution in [0, 0.1) is 0 Å². The maximum absolute atomic E-state index is 13.1.